The van der Waals surface area contributed by atoms with Crippen molar-refractivity contribution in [2.45, 2.75) is 12.8 Å². The van der Waals surface area contributed by atoms with Crippen LogP contribution in [0, 0.1) is 11.8 Å². The van der Waals surface area contributed by atoms with Crippen LogP contribution >= 0.6 is 0 Å². The van der Waals surface area contributed by atoms with Crippen LogP contribution in [0.5, 0.6) is 0 Å². The lowest BCUT2D eigenvalue weighted by Gasteiger charge is -2.24. The number of methoxy groups -OCH3 is 1. The van der Waals surface area contributed by atoms with Crippen LogP contribution in [0.4, 0.5) is 0 Å². The van der Waals surface area contributed by atoms with Crippen molar-refractivity contribution in [2.24, 2.45) is 11.8 Å². The smallest absolute Gasteiger partial charge is 0.166 e. The molecule has 0 aromatic carbocycles. The van der Waals surface area contributed by atoms with E-state index in [1.54, 1.807) is 13.2 Å². The van der Waals surface area contributed by atoms with Gasteiger partial charge in [0.05, 0.1) is 12.5 Å². The molecule has 2 rings (SSSR count). The maximum absolute atomic E-state index is 12.0. The summed E-state index contributed by atoms with van der Waals surface area (Å²) in [4.78, 5) is 23.6. The number of carbonyl (C=O) groups excluding carboxylic acids is 2. The first kappa shape index (κ1) is 10.3. The standard InChI is InChI=1S/C12H14O3/c1-15-7-8-6-11(13)10-5-3-2-4-9(8)12(10)14/h2-3,6,9-10H,4-5,7H2,1H3. The van der Waals surface area contributed by atoms with Crippen LogP contribution in [0.1, 0.15) is 12.8 Å². The average molecular weight is 206 g/mol. The minimum Gasteiger partial charge on any atom is -0.380 e. The molecule has 0 aromatic heterocycles. The molecule has 0 N–H and O–H groups in total. The van der Waals surface area contributed by atoms with Crippen molar-refractivity contribution in [3.63, 3.8) is 0 Å². The predicted octanol–water partition coefficient (Wildman–Crippen LogP) is 1.29. The Kier molecular flexibility index (Phi) is 2.82. The number of ketones is 2. The third-order valence-corrected chi connectivity index (χ3v) is 3.03. The first-order valence-corrected chi connectivity index (χ1v) is 5.16. The van der Waals surface area contributed by atoms with Gasteiger partial charge in [-0.1, -0.05) is 12.2 Å². The highest BCUT2D eigenvalue weighted by Gasteiger charge is 2.37. The van der Waals surface area contributed by atoms with Gasteiger partial charge in [0, 0.05) is 13.0 Å². The van der Waals surface area contributed by atoms with E-state index in [1.807, 2.05) is 12.2 Å². The lowest BCUT2D eigenvalue weighted by molar-refractivity contribution is -0.133. The van der Waals surface area contributed by atoms with Crippen molar-refractivity contribution >= 4 is 11.6 Å². The van der Waals surface area contributed by atoms with Gasteiger partial charge in [0.1, 0.15) is 0 Å². The third kappa shape index (κ3) is 1.79. The Bertz CT molecular complexity index is 352. The van der Waals surface area contributed by atoms with E-state index in [-0.39, 0.29) is 17.5 Å². The summed E-state index contributed by atoms with van der Waals surface area (Å²) in [5.74, 6) is -0.560. The molecule has 3 nitrogen and oxygen atoms in total. The number of hydrogen-bond donors (Lipinski definition) is 0. The normalized spacial score (nSPS) is 30.1. The molecule has 3 heteroatoms. The largest absolute Gasteiger partial charge is 0.380 e. The molecule has 0 aromatic rings. The molecule has 0 aliphatic heterocycles. The first-order valence-electron chi connectivity index (χ1n) is 5.16. The minimum atomic E-state index is -0.436. The maximum atomic E-state index is 12.0. The molecule has 0 saturated heterocycles. The van der Waals surface area contributed by atoms with Crippen LogP contribution in [0.3, 0.4) is 0 Å². The summed E-state index contributed by atoms with van der Waals surface area (Å²) < 4.78 is 5.01. The average Bonchev–Trinajstić information content (AvgIpc) is 2.34. The number of Topliss-reactive ketones (excluding diaryl/α,β-unsaturated/α-hetero) is 1. The summed E-state index contributed by atoms with van der Waals surface area (Å²) in [5, 5.41) is 0. The quantitative estimate of drug-likeness (QED) is 0.505. The molecule has 0 fully saturated rings. The van der Waals surface area contributed by atoms with E-state index in [0.717, 1.165) is 5.57 Å². The molecule has 0 heterocycles. The predicted molar refractivity (Wildman–Crippen MR) is 55.3 cm³/mol. The number of fused-ring (bicyclic) bond motifs is 2. The van der Waals surface area contributed by atoms with Gasteiger partial charge >= 0.3 is 0 Å². The van der Waals surface area contributed by atoms with Crippen LogP contribution in [0.25, 0.3) is 0 Å². The Hall–Kier alpha value is -1.22. The second kappa shape index (κ2) is 4.11. The number of carbonyl (C=O) groups is 2. The highest BCUT2D eigenvalue weighted by Crippen LogP contribution is 2.31. The van der Waals surface area contributed by atoms with Crippen molar-refractivity contribution in [2.75, 3.05) is 13.7 Å². The highest BCUT2D eigenvalue weighted by molar-refractivity contribution is 6.12. The number of allylic oxidation sites excluding steroid dienone is 3. The fraction of sp³-hybridized carbons (Fsp3) is 0.500. The van der Waals surface area contributed by atoms with Gasteiger partial charge in [-0.2, -0.15) is 0 Å². The first-order chi connectivity index (χ1) is 7.24. The van der Waals surface area contributed by atoms with E-state index in [9.17, 15) is 9.59 Å². The Morgan fingerprint density at radius 3 is 2.60 bits per heavy atom. The molecule has 0 radical (unpaired) electrons. The van der Waals surface area contributed by atoms with Crippen LogP contribution in [-0.4, -0.2) is 25.3 Å². The maximum Gasteiger partial charge on any atom is 0.166 e. The summed E-state index contributed by atoms with van der Waals surface area (Å²) in [6.07, 6.45) is 6.80. The van der Waals surface area contributed by atoms with Gasteiger partial charge in [-0.15, -0.1) is 0 Å². The van der Waals surface area contributed by atoms with E-state index in [4.69, 9.17) is 4.74 Å². The molecule has 15 heavy (non-hydrogen) atoms. The SMILES string of the molecule is COCC1=CC(=O)C2CC=CCC1C2=O. The molecule has 80 valence electrons. The van der Waals surface area contributed by atoms with Gasteiger partial charge in [-0.3, -0.25) is 9.59 Å². The summed E-state index contributed by atoms with van der Waals surface area (Å²) in [6, 6.07) is 0. The van der Waals surface area contributed by atoms with E-state index in [1.165, 1.54) is 0 Å². The minimum absolute atomic E-state index is 0.0603. The Balaban J connectivity index is 2.34. The van der Waals surface area contributed by atoms with Crippen LogP contribution < -0.4 is 0 Å². The van der Waals surface area contributed by atoms with Gasteiger partial charge in [-0.25, -0.2) is 0 Å². The molecule has 0 spiro atoms. The molecule has 0 saturated carbocycles. The summed E-state index contributed by atoms with van der Waals surface area (Å²) in [7, 11) is 1.58. The zero-order valence-corrected chi connectivity index (χ0v) is 8.73. The molecule has 2 aliphatic rings. The van der Waals surface area contributed by atoms with Crippen LogP contribution in [0.15, 0.2) is 23.8 Å². The second-order valence-electron chi connectivity index (χ2n) is 4.00. The molecule has 2 atom stereocenters. The third-order valence-electron chi connectivity index (χ3n) is 3.03. The van der Waals surface area contributed by atoms with E-state index in [0.29, 0.717) is 19.4 Å². The van der Waals surface area contributed by atoms with Crippen molar-refractivity contribution in [3.8, 4) is 0 Å². The van der Waals surface area contributed by atoms with Gasteiger partial charge in [0.25, 0.3) is 0 Å². The van der Waals surface area contributed by atoms with Crippen molar-refractivity contribution < 1.29 is 14.3 Å². The number of ether oxygens (including phenoxy) is 1. The van der Waals surface area contributed by atoms with Crippen molar-refractivity contribution in [1.82, 2.24) is 0 Å². The van der Waals surface area contributed by atoms with Gasteiger partial charge < -0.3 is 4.74 Å². The van der Waals surface area contributed by atoms with E-state index in [2.05, 4.69) is 0 Å². The highest BCUT2D eigenvalue weighted by atomic mass is 16.5. The van der Waals surface area contributed by atoms with Crippen molar-refractivity contribution in [1.29, 1.82) is 0 Å². The summed E-state index contributed by atoms with van der Waals surface area (Å²) in [5.41, 5.74) is 0.829. The molecule has 2 unspecified atom stereocenters. The molecule has 0 amide bonds. The number of rotatable bonds is 2. The zero-order valence-electron chi connectivity index (χ0n) is 8.73. The topological polar surface area (TPSA) is 43.4 Å². The van der Waals surface area contributed by atoms with Gasteiger partial charge in [0.15, 0.2) is 11.6 Å². The molecule has 2 aliphatic carbocycles. The van der Waals surface area contributed by atoms with Gasteiger partial charge in [0.2, 0.25) is 0 Å². The zero-order chi connectivity index (χ0) is 10.8. The monoisotopic (exact) mass is 206 g/mol. The van der Waals surface area contributed by atoms with E-state index < -0.39 is 5.92 Å². The Labute approximate surface area is 88.8 Å². The van der Waals surface area contributed by atoms with Crippen LogP contribution in [-0.2, 0) is 14.3 Å². The van der Waals surface area contributed by atoms with E-state index >= 15 is 0 Å². The Morgan fingerprint density at radius 2 is 1.93 bits per heavy atom. The lowest BCUT2D eigenvalue weighted by Crippen LogP contribution is -2.34. The second-order valence-corrected chi connectivity index (χ2v) is 4.00. The summed E-state index contributed by atoms with van der Waals surface area (Å²) >= 11 is 0. The van der Waals surface area contributed by atoms with Crippen LogP contribution in [0.2, 0.25) is 0 Å². The molecular formula is C12H14O3. The number of hydrogen-bond acceptors (Lipinski definition) is 3. The molecular weight excluding hydrogens is 192 g/mol. The van der Waals surface area contributed by atoms with Crippen molar-refractivity contribution in [3.05, 3.63) is 23.8 Å². The Morgan fingerprint density at radius 1 is 1.27 bits per heavy atom. The fourth-order valence-corrected chi connectivity index (χ4v) is 2.22. The molecule has 2 bridgehead atoms. The fourth-order valence-electron chi connectivity index (χ4n) is 2.22. The van der Waals surface area contributed by atoms with Gasteiger partial charge in [-0.05, 0) is 24.5 Å². The summed E-state index contributed by atoms with van der Waals surface area (Å²) in [6.45, 7) is 0.378. The lowest BCUT2D eigenvalue weighted by atomic mass is 9.78.